The fourth-order valence-corrected chi connectivity index (χ4v) is 2.77. The van der Waals surface area contributed by atoms with Gasteiger partial charge in [-0.2, -0.15) is 0 Å². The van der Waals surface area contributed by atoms with Crippen molar-refractivity contribution in [2.75, 3.05) is 7.11 Å². The van der Waals surface area contributed by atoms with Gasteiger partial charge in [0.1, 0.15) is 0 Å². The Morgan fingerprint density at radius 3 is 2.61 bits per heavy atom. The molecule has 1 aliphatic heterocycles. The van der Waals surface area contributed by atoms with Crippen molar-refractivity contribution in [1.29, 1.82) is 0 Å². The van der Waals surface area contributed by atoms with Crippen LogP contribution in [0.1, 0.15) is 42.5 Å². The Balaban J connectivity index is 2.04. The van der Waals surface area contributed by atoms with Gasteiger partial charge in [0.15, 0.2) is 5.66 Å². The molecule has 0 unspecified atom stereocenters. The van der Waals surface area contributed by atoms with E-state index in [0.29, 0.717) is 5.56 Å². The van der Waals surface area contributed by atoms with Crippen LogP contribution in [0.25, 0.3) is 0 Å². The third-order valence-electron chi connectivity index (χ3n) is 3.71. The molecule has 0 bridgehead atoms. The molecule has 4 heteroatoms. The molecule has 0 saturated heterocycles. The molecule has 1 aromatic rings. The zero-order valence-electron chi connectivity index (χ0n) is 10.5. The standard InChI is InChI=1S/C14H16N2O2/c1-18-13(17)10-5-6-11-12(9-10)16-14(15-11)7-3-2-4-8-14/h5-6,9H,2-4,7-8H2,1H3. The highest BCUT2D eigenvalue weighted by molar-refractivity contribution is 5.89. The third kappa shape index (κ3) is 1.82. The highest BCUT2D eigenvalue weighted by Gasteiger charge is 2.32. The van der Waals surface area contributed by atoms with Gasteiger partial charge in [-0.1, -0.05) is 6.42 Å². The van der Waals surface area contributed by atoms with Crippen LogP contribution in [-0.4, -0.2) is 18.7 Å². The first-order chi connectivity index (χ1) is 8.72. The van der Waals surface area contributed by atoms with E-state index in [0.717, 1.165) is 23.6 Å². The van der Waals surface area contributed by atoms with Crippen LogP contribution in [0.3, 0.4) is 0 Å². The first-order valence-corrected chi connectivity index (χ1v) is 6.41. The predicted octanol–water partition coefficient (Wildman–Crippen LogP) is 1.39. The number of carbonyl (C=O) groups excluding carboxylic acids is 1. The molecule has 4 nitrogen and oxygen atoms in total. The molecule has 0 aromatic heterocycles. The van der Waals surface area contributed by atoms with Gasteiger partial charge in [-0.05, 0) is 43.9 Å². The van der Waals surface area contributed by atoms with Crippen molar-refractivity contribution in [3.05, 3.63) is 34.5 Å². The van der Waals surface area contributed by atoms with Gasteiger partial charge in [0.05, 0.1) is 23.4 Å². The topological polar surface area (TPSA) is 51.0 Å². The van der Waals surface area contributed by atoms with Gasteiger partial charge in [0.2, 0.25) is 0 Å². The minimum absolute atomic E-state index is 0.241. The van der Waals surface area contributed by atoms with Gasteiger partial charge in [-0.25, -0.2) is 4.79 Å². The molecule has 2 aliphatic rings. The normalized spacial score (nSPS) is 19.8. The summed E-state index contributed by atoms with van der Waals surface area (Å²) in [7, 11) is 1.39. The van der Waals surface area contributed by atoms with E-state index < -0.39 is 0 Å². The molecule has 0 N–H and O–H groups in total. The van der Waals surface area contributed by atoms with Gasteiger partial charge in [0, 0.05) is 0 Å². The van der Waals surface area contributed by atoms with Gasteiger partial charge in [-0.15, -0.1) is 0 Å². The van der Waals surface area contributed by atoms with Crippen LogP contribution in [0.4, 0.5) is 0 Å². The van der Waals surface area contributed by atoms with Crippen LogP contribution in [0.15, 0.2) is 28.2 Å². The molecule has 3 rings (SSSR count). The van der Waals surface area contributed by atoms with Crippen LogP contribution in [-0.2, 0) is 4.74 Å². The van der Waals surface area contributed by atoms with Crippen LogP contribution < -0.4 is 10.7 Å². The Labute approximate surface area is 105 Å². The van der Waals surface area contributed by atoms with E-state index in [2.05, 4.69) is 0 Å². The molecular formula is C14H16N2O2. The summed E-state index contributed by atoms with van der Waals surface area (Å²) < 4.78 is 4.72. The molecule has 0 amide bonds. The van der Waals surface area contributed by atoms with Gasteiger partial charge in [-0.3, -0.25) is 9.98 Å². The molecule has 1 aliphatic carbocycles. The van der Waals surface area contributed by atoms with E-state index in [1.807, 2.05) is 6.07 Å². The second kappa shape index (κ2) is 4.19. The summed E-state index contributed by atoms with van der Waals surface area (Å²) in [5, 5.41) is 1.74. The van der Waals surface area contributed by atoms with Crippen molar-refractivity contribution in [3.63, 3.8) is 0 Å². The lowest BCUT2D eigenvalue weighted by atomic mass is 9.90. The highest BCUT2D eigenvalue weighted by Crippen LogP contribution is 2.32. The molecule has 18 heavy (non-hydrogen) atoms. The average Bonchev–Trinajstić information content (AvgIpc) is 2.74. The van der Waals surface area contributed by atoms with Crippen molar-refractivity contribution >= 4 is 5.97 Å². The summed E-state index contributed by atoms with van der Waals surface area (Å²) in [6, 6.07) is 5.41. The Bertz CT molecular complexity index is 601. The zero-order chi connectivity index (χ0) is 12.6. The molecule has 0 radical (unpaired) electrons. The number of rotatable bonds is 1. The molecule has 1 fully saturated rings. The Kier molecular flexibility index (Phi) is 2.65. The summed E-state index contributed by atoms with van der Waals surface area (Å²) in [6.07, 6.45) is 5.69. The number of carbonyl (C=O) groups is 1. The molecule has 1 spiro atoms. The van der Waals surface area contributed by atoms with Crippen molar-refractivity contribution in [3.8, 4) is 0 Å². The highest BCUT2D eigenvalue weighted by atomic mass is 16.5. The summed E-state index contributed by atoms with van der Waals surface area (Å²) in [4.78, 5) is 21.0. The minimum Gasteiger partial charge on any atom is -0.465 e. The molecular weight excluding hydrogens is 228 g/mol. The SMILES string of the molecule is COC(=O)c1ccc2c(c1)=NC1(CCCCC1)N=2. The molecule has 1 saturated carbocycles. The summed E-state index contributed by atoms with van der Waals surface area (Å²) >= 11 is 0. The van der Waals surface area contributed by atoms with Gasteiger partial charge in [0.25, 0.3) is 0 Å². The van der Waals surface area contributed by atoms with Crippen molar-refractivity contribution in [2.45, 2.75) is 37.8 Å². The van der Waals surface area contributed by atoms with Gasteiger partial charge < -0.3 is 4.74 Å². The quantitative estimate of drug-likeness (QED) is 0.701. The monoisotopic (exact) mass is 244 g/mol. The summed E-state index contributed by atoms with van der Waals surface area (Å²) in [6.45, 7) is 0. The van der Waals surface area contributed by atoms with E-state index in [1.165, 1.54) is 26.4 Å². The first kappa shape index (κ1) is 11.4. The molecule has 1 heterocycles. The van der Waals surface area contributed by atoms with E-state index in [4.69, 9.17) is 14.7 Å². The lowest BCUT2D eigenvalue weighted by molar-refractivity contribution is 0.0600. The van der Waals surface area contributed by atoms with Crippen LogP contribution in [0, 0.1) is 0 Å². The van der Waals surface area contributed by atoms with Crippen molar-refractivity contribution in [2.24, 2.45) is 9.98 Å². The number of nitrogens with zero attached hydrogens (tertiary/aromatic N) is 2. The van der Waals surface area contributed by atoms with E-state index in [1.54, 1.807) is 12.1 Å². The first-order valence-electron chi connectivity index (χ1n) is 6.41. The Morgan fingerprint density at radius 1 is 1.17 bits per heavy atom. The average molecular weight is 244 g/mol. The third-order valence-corrected chi connectivity index (χ3v) is 3.71. The molecule has 0 atom stereocenters. The molecule has 94 valence electrons. The number of esters is 1. The maximum Gasteiger partial charge on any atom is 0.337 e. The maximum absolute atomic E-state index is 11.5. The Hall–Kier alpha value is -1.71. The summed E-state index contributed by atoms with van der Waals surface area (Å²) in [5.41, 5.74) is 0.304. The number of ether oxygens (including phenoxy) is 1. The fraction of sp³-hybridized carbons (Fsp3) is 0.500. The van der Waals surface area contributed by atoms with E-state index in [9.17, 15) is 4.79 Å². The smallest absolute Gasteiger partial charge is 0.337 e. The van der Waals surface area contributed by atoms with Gasteiger partial charge >= 0.3 is 5.97 Å². The Morgan fingerprint density at radius 2 is 1.89 bits per heavy atom. The second-order valence-corrected chi connectivity index (χ2v) is 4.96. The van der Waals surface area contributed by atoms with E-state index >= 15 is 0 Å². The number of hydrogen-bond donors (Lipinski definition) is 0. The number of benzene rings is 1. The number of methoxy groups -OCH3 is 1. The van der Waals surface area contributed by atoms with Crippen molar-refractivity contribution < 1.29 is 9.53 Å². The van der Waals surface area contributed by atoms with Crippen LogP contribution >= 0.6 is 0 Å². The largest absolute Gasteiger partial charge is 0.465 e. The second-order valence-electron chi connectivity index (χ2n) is 4.96. The fourth-order valence-electron chi connectivity index (χ4n) is 2.77. The minimum atomic E-state index is -0.322. The van der Waals surface area contributed by atoms with Crippen molar-refractivity contribution in [1.82, 2.24) is 0 Å². The zero-order valence-corrected chi connectivity index (χ0v) is 10.5. The van der Waals surface area contributed by atoms with Crippen LogP contribution in [0.2, 0.25) is 0 Å². The lowest BCUT2D eigenvalue weighted by Gasteiger charge is -2.27. The van der Waals surface area contributed by atoms with E-state index in [-0.39, 0.29) is 11.6 Å². The maximum atomic E-state index is 11.5. The molecule has 1 aromatic carbocycles. The number of fused-ring (bicyclic) bond motifs is 1. The van der Waals surface area contributed by atoms with Crippen LogP contribution in [0.5, 0.6) is 0 Å². The predicted molar refractivity (Wildman–Crippen MR) is 65.9 cm³/mol. The lowest BCUT2D eigenvalue weighted by Crippen LogP contribution is -2.26. The summed E-state index contributed by atoms with van der Waals surface area (Å²) in [5.74, 6) is -0.322. The number of hydrogen-bond acceptors (Lipinski definition) is 4.